The molecule has 0 aromatic carbocycles. The smallest absolute Gasteiger partial charge is 0.0750 e. The van der Waals surface area contributed by atoms with E-state index in [-0.39, 0.29) is 6.10 Å². The lowest BCUT2D eigenvalue weighted by atomic mass is 9.93. The standard InChI is InChI=1S/C14H20OS/c15-14(12-6-2-1-3-7-12)10-4-8-13-9-5-11-16-13/h5-6,9,11,14-15H,1-4,7-8,10H2. The van der Waals surface area contributed by atoms with Crippen molar-refractivity contribution in [2.45, 2.75) is 51.0 Å². The van der Waals surface area contributed by atoms with Gasteiger partial charge < -0.3 is 5.11 Å². The number of allylic oxidation sites excluding steroid dienone is 1. The van der Waals surface area contributed by atoms with Crippen molar-refractivity contribution in [2.24, 2.45) is 0 Å². The molecular formula is C14H20OS. The van der Waals surface area contributed by atoms with E-state index in [9.17, 15) is 5.11 Å². The minimum Gasteiger partial charge on any atom is -0.389 e. The fourth-order valence-corrected chi connectivity index (χ4v) is 3.03. The van der Waals surface area contributed by atoms with Crippen LogP contribution in [0, 0.1) is 0 Å². The number of aliphatic hydroxyl groups excluding tert-OH is 1. The topological polar surface area (TPSA) is 20.2 Å². The van der Waals surface area contributed by atoms with Gasteiger partial charge in [0.2, 0.25) is 0 Å². The highest BCUT2D eigenvalue weighted by Crippen LogP contribution is 2.23. The Labute approximate surface area is 102 Å². The molecule has 88 valence electrons. The van der Waals surface area contributed by atoms with Crippen LogP contribution in [0.15, 0.2) is 29.2 Å². The average molecular weight is 236 g/mol. The molecule has 0 saturated heterocycles. The van der Waals surface area contributed by atoms with E-state index in [4.69, 9.17) is 0 Å². The molecule has 0 aliphatic heterocycles. The van der Waals surface area contributed by atoms with Crippen LogP contribution in [0.25, 0.3) is 0 Å². The predicted molar refractivity (Wildman–Crippen MR) is 69.8 cm³/mol. The molecular weight excluding hydrogens is 216 g/mol. The Morgan fingerprint density at radius 2 is 2.31 bits per heavy atom. The van der Waals surface area contributed by atoms with Crippen molar-refractivity contribution < 1.29 is 5.11 Å². The molecule has 0 spiro atoms. The first-order chi connectivity index (χ1) is 7.86. The summed E-state index contributed by atoms with van der Waals surface area (Å²) in [7, 11) is 0. The number of hydrogen-bond donors (Lipinski definition) is 1. The Bertz CT molecular complexity index is 327. The molecule has 1 unspecified atom stereocenters. The Kier molecular flexibility index (Phi) is 4.61. The van der Waals surface area contributed by atoms with Gasteiger partial charge in [0, 0.05) is 4.88 Å². The first-order valence-electron chi connectivity index (χ1n) is 6.25. The SMILES string of the molecule is OC(CCCc1cccs1)C1=CCCCC1. The van der Waals surface area contributed by atoms with Crippen molar-refractivity contribution in [3.63, 3.8) is 0 Å². The second kappa shape index (κ2) is 6.21. The summed E-state index contributed by atoms with van der Waals surface area (Å²) in [6.07, 6.45) is 10.0. The first kappa shape index (κ1) is 11.9. The lowest BCUT2D eigenvalue weighted by molar-refractivity contribution is 0.191. The molecule has 0 radical (unpaired) electrons. The quantitative estimate of drug-likeness (QED) is 0.768. The van der Waals surface area contributed by atoms with E-state index in [1.54, 1.807) is 0 Å². The summed E-state index contributed by atoms with van der Waals surface area (Å²) in [4.78, 5) is 1.44. The number of rotatable bonds is 5. The Hall–Kier alpha value is -0.600. The van der Waals surface area contributed by atoms with Gasteiger partial charge in [-0.15, -0.1) is 11.3 Å². The lowest BCUT2D eigenvalue weighted by Crippen LogP contribution is -2.12. The Morgan fingerprint density at radius 3 is 3.00 bits per heavy atom. The number of aliphatic hydroxyl groups is 1. The zero-order valence-corrected chi connectivity index (χ0v) is 10.5. The predicted octanol–water partition coefficient (Wildman–Crippen LogP) is 3.93. The second-order valence-corrected chi connectivity index (χ2v) is 5.54. The molecule has 0 bridgehead atoms. The molecule has 2 heteroatoms. The summed E-state index contributed by atoms with van der Waals surface area (Å²) in [5.74, 6) is 0. The van der Waals surface area contributed by atoms with E-state index >= 15 is 0 Å². The third-order valence-corrected chi connectivity index (χ3v) is 4.17. The molecule has 1 N–H and O–H groups in total. The van der Waals surface area contributed by atoms with Crippen LogP contribution in [0.1, 0.15) is 43.4 Å². The number of thiophene rings is 1. The molecule has 16 heavy (non-hydrogen) atoms. The van der Waals surface area contributed by atoms with Crippen LogP contribution < -0.4 is 0 Å². The minimum atomic E-state index is -0.180. The molecule has 0 saturated carbocycles. The maximum absolute atomic E-state index is 10.0. The van der Waals surface area contributed by atoms with Crippen LogP contribution in [0.2, 0.25) is 0 Å². The van der Waals surface area contributed by atoms with E-state index in [1.807, 2.05) is 11.3 Å². The zero-order chi connectivity index (χ0) is 11.2. The molecule has 1 heterocycles. The van der Waals surface area contributed by atoms with E-state index in [1.165, 1.54) is 23.3 Å². The average Bonchev–Trinajstić information content (AvgIpc) is 2.83. The van der Waals surface area contributed by atoms with Gasteiger partial charge in [0.15, 0.2) is 0 Å². The van der Waals surface area contributed by atoms with Crippen molar-refractivity contribution in [3.8, 4) is 0 Å². The molecule has 1 atom stereocenters. The van der Waals surface area contributed by atoms with Gasteiger partial charge in [-0.2, -0.15) is 0 Å². The van der Waals surface area contributed by atoms with Crippen molar-refractivity contribution >= 4 is 11.3 Å². The lowest BCUT2D eigenvalue weighted by Gasteiger charge is -2.18. The van der Waals surface area contributed by atoms with Crippen LogP contribution in [0.4, 0.5) is 0 Å². The van der Waals surface area contributed by atoms with Gasteiger partial charge in [-0.25, -0.2) is 0 Å². The second-order valence-electron chi connectivity index (χ2n) is 4.51. The van der Waals surface area contributed by atoms with Gasteiger partial charge >= 0.3 is 0 Å². The zero-order valence-electron chi connectivity index (χ0n) is 9.69. The Balaban J connectivity index is 1.71. The summed E-state index contributed by atoms with van der Waals surface area (Å²) in [5.41, 5.74) is 1.29. The third-order valence-electron chi connectivity index (χ3n) is 3.23. The highest BCUT2D eigenvalue weighted by atomic mass is 32.1. The van der Waals surface area contributed by atoms with Crippen molar-refractivity contribution in [1.29, 1.82) is 0 Å². The van der Waals surface area contributed by atoms with Crippen LogP contribution in [-0.2, 0) is 6.42 Å². The van der Waals surface area contributed by atoms with Gasteiger partial charge in [-0.3, -0.25) is 0 Å². The van der Waals surface area contributed by atoms with Gasteiger partial charge in [-0.1, -0.05) is 12.1 Å². The highest BCUT2D eigenvalue weighted by Gasteiger charge is 2.12. The summed E-state index contributed by atoms with van der Waals surface area (Å²) in [6.45, 7) is 0. The van der Waals surface area contributed by atoms with Crippen molar-refractivity contribution in [1.82, 2.24) is 0 Å². The largest absolute Gasteiger partial charge is 0.389 e. The van der Waals surface area contributed by atoms with Crippen LogP contribution in [0.3, 0.4) is 0 Å². The number of aryl methyl sites for hydroxylation is 1. The summed E-state index contributed by atoms with van der Waals surface area (Å²) >= 11 is 1.81. The summed E-state index contributed by atoms with van der Waals surface area (Å²) < 4.78 is 0. The summed E-state index contributed by atoms with van der Waals surface area (Å²) in [5, 5.41) is 12.2. The Morgan fingerprint density at radius 1 is 1.38 bits per heavy atom. The van der Waals surface area contributed by atoms with E-state index in [0.29, 0.717) is 0 Å². The molecule has 1 aromatic rings. The van der Waals surface area contributed by atoms with E-state index in [0.717, 1.165) is 32.1 Å². The van der Waals surface area contributed by atoms with Gasteiger partial charge in [0.1, 0.15) is 0 Å². The maximum atomic E-state index is 10.0. The fraction of sp³-hybridized carbons (Fsp3) is 0.571. The van der Waals surface area contributed by atoms with Crippen LogP contribution in [-0.4, -0.2) is 11.2 Å². The monoisotopic (exact) mass is 236 g/mol. The minimum absolute atomic E-state index is 0.180. The highest BCUT2D eigenvalue weighted by molar-refractivity contribution is 7.09. The molecule has 2 rings (SSSR count). The van der Waals surface area contributed by atoms with Gasteiger partial charge in [0.05, 0.1) is 6.10 Å². The molecule has 0 fully saturated rings. The van der Waals surface area contributed by atoms with Crippen molar-refractivity contribution in [2.75, 3.05) is 0 Å². The summed E-state index contributed by atoms with van der Waals surface area (Å²) in [6, 6.07) is 4.27. The maximum Gasteiger partial charge on any atom is 0.0750 e. The molecule has 1 nitrogen and oxygen atoms in total. The molecule has 1 aliphatic carbocycles. The third kappa shape index (κ3) is 3.46. The molecule has 1 aliphatic rings. The van der Waals surface area contributed by atoms with Crippen LogP contribution >= 0.6 is 11.3 Å². The normalized spacial score (nSPS) is 18.2. The fourth-order valence-electron chi connectivity index (χ4n) is 2.28. The van der Waals surface area contributed by atoms with E-state index in [2.05, 4.69) is 23.6 Å². The van der Waals surface area contributed by atoms with Crippen molar-refractivity contribution in [3.05, 3.63) is 34.0 Å². The van der Waals surface area contributed by atoms with Gasteiger partial charge in [-0.05, 0) is 62.0 Å². The van der Waals surface area contributed by atoms with Gasteiger partial charge in [0.25, 0.3) is 0 Å². The molecule has 0 amide bonds. The van der Waals surface area contributed by atoms with Crippen LogP contribution in [0.5, 0.6) is 0 Å². The molecule has 1 aromatic heterocycles. The number of hydrogen-bond acceptors (Lipinski definition) is 2. The van der Waals surface area contributed by atoms with E-state index < -0.39 is 0 Å². The first-order valence-corrected chi connectivity index (χ1v) is 7.13.